The summed E-state index contributed by atoms with van der Waals surface area (Å²) in [6.45, 7) is 0.850. The molecular formula is C24H29FN4O3. The Morgan fingerprint density at radius 3 is 2.91 bits per heavy atom. The van der Waals surface area contributed by atoms with E-state index in [0.717, 1.165) is 18.4 Å². The summed E-state index contributed by atoms with van der Waals surface area (Å²) in [5.41, 5.74) is 7.42. The van der Waals surface area contributed by atoms with Crippen molar-refractivity contribution >= 4 is 11.9 Å². The fourth-order valence-corrected chi connectivity index (χ4v) is 4.13. The molecule has 1 aliphatic heterocycles. The number of ether oxygens (including phenoxy) is 2. The highest BCUT2D eigenvalue weighted by Crippen LogP contribution is 2.40. The number of halogens is 1. The van der Waals surface area contributed by atoms with Gasteiger partial charge in [0, 0.05) is 49.7 Å². The summed E-state index contributed by atoms with van der Waals surface area (Å²) in [5, 5.41) is 7.42. The third-order valence-corrected chi connectivity index (χ3v) is 6.17. The van der Waals surface area contributed by atoms with Crippen LogP contribution in [-0.4, -0.2) is 48.1 Å². The fraction of sp³-hybridized carbons (Fsp3) is 0.458. The van der Waals surface area contributed by atoms with Crippen LogP contribution >= 0.6 is 0 Å². The van der Waals surface area contributed by atoms with E-state index in [9.17, 15) is 9.18 Å². The van der Waals surface area contributed by atoms with Gasteiger partial charge in [0.1, 0.15) is 11.9 Å². The van der Waals surface area contributed by atoms with Gasteiger partial charge in [0.15, 0.2) is 0 Å². The molecule has 4 rings (SSSR count). The third kappa shape index (κ3) is 5.36. The first-order chi connectivity index (χ1) is 15.4. The van der Waals surface area contributed by atoms with Crippen molar-refractivity contribution in [2.75, 3.05) is 20.2 Å². The Bertz CT molecular complexity index is 995. The molecule has 0 saturated heterocycles. The molecule has 0 unspecified atom stereocenters. The van der Waals surface area contributed by atoms with Gasteiger partial charge < -0.3 is 20.1 Å². The minimum absolute atomic E-state index is 0.0696. The number of benzene rings is 1. The number of amides is 1. The first kappa shape index (κ1) is 22.0. The lowest BCUT2D eigenvalue weighted by molar-refractivity contribution is -0.130. The topological polar surface area (TPSA) is 102 Å². The van der Waals surface area contributed by atoms with E-state index in [1.807, 2.05) is 25.2 Å². The van der Waals surface area contributed by atoms with Crippen LogP contribution in [0.15, 0.2) is 36.5 Å². The Hall–Kier alpha value is -3.16. The van der Waals surface area contributed by atoms with Crippen molar-refractivity contribution in [3.05, 3.63) is 48.0 Å². The van der Waals surface area contributed by atoms with Crippen LogP contribution in [0.25, 0.3) is 11.1 Å². The first-order valence-corrected chi connectivity index (χ1v) is 11.0. The molecule has 7 nitrogen and oxygen atoms in total. The molecule has 2 atom stereocenters. The Kier molecular flexibility index (Phi) is 6.58. The van der Waals surface area contributed by atoms with Crippen molar-refractivity contribution in [3.63, 3.8) is 0 Å². The largest absolute Gasteiger partial charge is 0.490 e. The molecule has 2 aliphatic rings. The molecule has 8 heteroatoms. The number of aromatic nitrogens is 1. The molecule has 1 aromatic carbocycles. The average Bonchev–Trinajstić information content (AvgIpc) is 3.59. The van der Waals surface area contributed by atoms with Crippen molar-refractivity contribution in [2.45, 2.75) is 44.1 Å². The molecule has 2 heterocycles. The minimum atomic E-state index is -0.530. The maximum atomic E-state index is 14.2. The molecule has 0 bridgehead atoms. The molecule has 2 aromatic rings. The molecule has 1 aromatic heterocycles. The standard InChI is InChI=1S/C24H29FN4O3/c1-29(22(30)11-15-4-5-15)10-8-18-12-17(14-31-24(26)27)20-13-16(6-7-21(20)32-18)19-3-2-9-28-23(19)25/h2-3,6-7,9,13,15,17-18H,4-5,8,10-12,14H2,1H3,(H3,26,27)/t17-,18-/m0/s1. The molecule has 0 radical (unpaired) electrons. The smallest absolute Gasteiger partial charge is 0.279 e. The number of carbonyl (C=O) groups is 1. The second kappa shape index (κ2) is 9.54. The molecule has 0 spiro atoms. The van der Waals surface area contributed by atoms with E-state index >= 15 is 0 Å². The van der Waals surface area contributed by atoms with Crippen molar-refractivity contribution < 1.29 is 18.7 Å². The molecule has 1 saturated carbocycles. The van der Waals surface area contributed by atoms with Crippen molar-refractivity contribution in [1.29, 1.82) is 5.41 Å². The number of nitrogens with two attached hydrogens (primary N) is 1. The third-order valence-electron chi connectivity index (χ3n) is 6.17. The van der Waals surface area contributed by atoms with E-state index in [-0.39, 0.29) is 30.6 Å². The van der Waals surface area contributed by atoms with E-state index < -0.39 is 5.95 Å². The molecule has 1 fully saturated rings. The fourth-order valence-electron chi connectivity index (χ4n) is 4.13. The molecular weight excluding hydrogens is 411 g/mol. The number of amidine groups is 1. The van der Waals surface area contributed by atoms with Gasteiger partial charge >= 0.3 is 0 Å². The highest BCUT2D eigenvalue weighted by molar-refractivity contribution is 5.76. The summed E-state index contributed by atoms with van der Waals surface area (Å²) in [4.78, 5) is 17.8. The average molecular weight is 441 g/mol. The summed E-state index contributed by atoms with van der Waals surface area (Å²) in [6, 6.07) is 8.59. The number of hydrogen-bond donors (Lipinski definition) is 2. The Labute approximate surface area is 187 Å². The first-order valence-electron chi connectivity index (χ1n) is 11.0. The number of hydrogen-bond acceptors (Lipinski definition) is 5. The van der Waals surface area contributed by atoms with E-state index in [2.05, 4.69) is 4.98 Å². The second-order valence-corrected chi connectivity index (χ2v) is 8.69. The van der Waals surface area contributed by atoms with Gasteiger partial charge in [0.25, 0.3) is 6.02 Å². The number of rotatable bonds is 8. The second-order valence-electron chi connectivity index (χ2n) is 8.69. The number of pyridine rings is 1. The summed E-state index contributed by atoms with van der Waals surface area (Å²) >= 11 is 0. The summed E-state index contributed by atoms with van der Waals surface area (Å²) < 4.78 is 25.8. The van der Waals surface area contributed by atoms with Crippen LogP contribution in [0.2, 0.25) is 0 Å². The summed E-state index contributed by atoms with van der Waals surface area (Å²) in [7, 11) is 1.84. The lowest BCUT2D eigenvalue weighted by atomic mass is 9.87. The monoisotopic (exact) mass is 440 g/mol. The maximum Gasteiger partial charge on any atom is 0.279 e. The van der Waals surface area contributed by atoms with Crippen LogP contribution in [0.1, 0.15) is 43.6 Å². The molecule has 1 amide bonds. The van der Waals surface area contributed by atoms with Crippen LogP contribution in [0.5, 0.6) is 5.75 Å². The lowest BCUT2D eigenvalue weighted by Crippen LogP contribution is -2.34. The van der Waals surface area contributed by atoms with Crippen LogP contribution in [0.4, 0.5) is 4.39 Å². The molecule has 3 N–H and O–H groups in total. The Morgan fingerprint density at radius 1 is 1.38 bits per heavy atom. The molecule has 32 heavy (non-hydrogen) atoms. The van der Waals surface area contributed by atoms with Gasteiger partial charge in [-0.3, -0.25) is 10.2 Å². The lowest BCUT2D eigenvalue weighted by Gasteiger charge is -2.33. The number of nitrogens with one attached hydrogen (secondary N) is 1. The van der Waals surface area contributed by atoms with E-state index in [1.54, 1.807) is 17.0 Å². The quantitative estimate of drug-likeness (QED) is 0.370. The van der Waals surface area contributed by atoms with Gasteiger partial charge in [0.05, 0.1) is 6.61 Å². The molecule has 170 valence electrons. The van der Waals surface area contributed by atoms with Gasteiger partial charge in [-0.05, 0) is 55.0 Å². The Balaban J connectivity index is 1.49. The summed E-state index contributed by atoms with van der Waals surface area (Å²) in [5.74, 6) is 0.855. The predicted octanol–water partition coefficient (Wildman–Crippen LogP) is 3.68. The number of nitrogens with zero attached hydrogens (tertiary/aromatic N) is 2. The van der Waals surface area contributed by atoms with E-state index in [0.29, 0.717) is 48.6 Å². The van der Waals surface area contributed by atoms with Gasteiger partial charge in [-0.25, -0.2) is 4.98 Å². The van der Waals surface area contributed by atoms with Crippen LogP contribution < -0.4 is 10.5 Å². The zero-order chi connectivity index (χ0) is 22.7. The number of fused-ring (bicyclic) bond motifs is 1. The van der Waals surface area contributed by atoms with E-state index in [4.69, 9.17) is 20.6 Å². The van der Waals surface area contributed by atoms with Crippen LogP contribution in [-0.2, 0) is 9.53 Å². The van der Waals surface area contributed by atoms with Crippen molar-refractivity contribution in [2.24, 2.45) is 11.7 Å². The maximum absolute atomic E-state index is 14.2. The van der Waals surface area contributed by atoms with Crippen LogP contribution in [0, 0.1) is 17.3 Å². The normalized spacial score (nSPS) is 19.6. The van der Waals surface area contributed by atoms with Crippen molar-refractivity contribution in [3.8, 4) is 16.9 Å². The number of carbonyl (C=O) groups excluding carboxylic acids is 1. The zero-order valence-electron chi connectivity index (χ0n) is 18.2. The van der Waals surface area contributed by atoms with E-state index in [1.165, 1.54) is 6.20 Å². The Morgan fingerprint density at radius 2 is 2.19 bits per heavy atom. The van der Waals surface area contributed by atoms with Gasteiger partial charge in [-0.2, -0.15) is 4.39 Å². The van der Waals surface area contributed by atoms with Gasteiger partial charge in [-0.1, -0.05) is 6.07 Å². The minimum Gasteiger partial charge on any atom is -0.490 e. The molecule has 1 aliphatic carbocycles. The van der Waals surface area contributed by atoms with Gasteiger partial charge in [-0.15, -0.1) is 0 Å². The highest BCUT2D eigenvalue weighted by atomic mass is 19.1. The van der Waals surface area contributed by atoms with Crippen molar-refractivity contribution in [1.82, 2.24) is 9.88 Å². The van der Waals surface area contributed by atoms with Gasteiger partial charge in [0.2, 0.25) is 11.9 Å². The highest BCUT2D eigenvalue weighted by Gasteiger charge is 2.31. The summed E-state index contributed by atoms with van der Waals surface area (Å²) in [6.07, 6.45) is 5.62. The van der Waals surface area contributed by atoms with Crippen LogP contribution in [0.3, 0.4) is 0 Å². The zero-order valence-corrected chi connectivity index (χ0v) is 18.2. The predicted molar refractivity (Wildman–Crippen MR) is 119 cm³/mol. The SMILES string of the molecule is CN(CC[C@H]1C[C@@H](COC(=N)N)c2cc(-c3cccnc3F)ccc2O1)C(=O)CC1CC1.